The summed E-state index contributed by atoms with van der Waals surface area (Å²) in [5.74, 6) is 0.330. The van der Waals surface area contributed by atoms with Crippen molar-refractivity contribution >= 4 is 6.09 Å². The van der Waals surface area contributed by atoms with Crippen LogP contribution in [-0.2, 0) is 11.8 Å². The number of phenols is 1. The molecule has 1 aliphatic carbocycles. The first-order valence-corrected chi connectivity index (χ1v) is 8.64. The third kappa shape index (κ3) is 3.08. The van der Waals surface area contributed by atoms with Crippen LogP contribution in [0, 0.1) is 0 Å². The summed E-state index contributed by atoms with van der Waals surface area (Å²) in [6.07, 6.45) is 1.82. The zero-order valence-corrected chi connectivity index (χ0v) is 14.4. The van der Waals surface area contributed by atoms with Gasteiger partial charge in [0, 0.05) is 24.0 Å². The molecule has 0 unspecified atom stereocenters. The predicted octanol–water partition coefficient (Wildman–Crippen LogP) is 1.53. The lowest BCUT2D eigenvalue weighted by molar-refractivity contribution is 0.0659. The Labute approximate surface area is 142 Å². The minimum atomic E-state index is -0.972. The average Bonchev–Trinajstić information content (AvgIpc) is 2.53. The van der Waals surface area contributed by atoms with Crippen molar-refractivity contribution in [1.29, 1.82) is 0 Å². The SMILES string of the molecule is CN1CC[C@@]2(C)c3cc(O)ccc3C[C@@H]1[C@H]2NCCCNC(=O)O. The van der Waals surface area contributed by atoms with Gasteiger partial charge in [-0.05, 0) is 62.7 Å². The van der Waals surface area contributed by atoms with E-state index in [4.69, 9.17) is 5.11 Å². The van der Waals surface area contributed by atoms with Crippen LogP contribution in [0.3, 0.4) is 0 Å². The number of aromatic hydroxyl groups is 1. The summed E-state index contributed by atoms with van der Waals surface area (Å²) in [5.41, 5.74) is 2.58. The fraction of sp³-hybridized carbons (Fsp3) is 0.611. The molecule has 4 N–H and O–H groups in total. The summed E-state index contributed by atoms with van der Waals surface area (Å²) in [7, 11) is 2.18. The molecule has 3 rings (SSSR count). The number of carbonyl (C=O) groups is 1. The molecule has 1 amide bonds. The smallest absolute Gasteiger partial charge is 0.404 e. The Kier molecular flexibility index (Phi) is 4.69. The number of fused-ring (bicyclic) bond motifs is 4. The summed E-state index contributed by atoms with van der Waals surface area (Å²) in [5, 5.41) is 24.7. The molecule has 6 heteroatoms. The average molecular weight is 333 g/mol. The number of phenolic OH excluding ortho intramolecular Hbond substituents is 1. The number of nitrogens with one attached hydrogen (secondary N) is 2. The van der Waals surface area contributed by atoms with Crippen molar-refractivity contribution in [3.8, 4) is 5.75 Å². The molecule has 2 bridgehead atoms. The molecular formula is C18H27N3O3. The van der Waals surface area contributed by atoms with Gasteiger partial charge >= 0.3 is 6.09 Å². The fourth-order valence-corrected chi connectivity index (χ4v) is 4.39. The third-order valence-electron chi connectivity index (χ3n) is 5.75. The quantitative estimate of drug-likeness (QED) is 0.614. The van der Waals surface area contributed by atoms with Crippen molar-refractivity contribution in [2.24, 2.45) is 0 Å². The first-order chi connectivity index (χ1) is 11.4. The van der Waals surface area contributed by atoms with E-state index in [0.29, 0.717) is 24.4 Å². The number of nitrogens with zero attached hydrogens (tertiary/aromatic N) is 1. The van der Waals surface area contributed by atoms with Crippen molar-refractivity contribution in [1.82, 2.24) is 15.5 Å². The molecule has 132 valence electrons. The molecule has 0 saturated carbocycles. The van der Waals surface area contributed by atoms with E-state index in [2.05, 4.69) is 35.6 Å². The summed E-state index contributed by atoms with van der Waals surface area (Å²) < 4.78 is 0. The molecule has 0 radical (unpaired) electrons. The Bertz CT molecular complexity index is 622. The van der Waals surface area contributed by atoms with E-state index >= 15 is 0 Å². The zero-order chi connectivity index (χ0) is 17.3. The highest BCUT2D eigenvalue weighted by atomic mass is 16.4. The number of benzene rings is 1. The van der Waals surface area contributed by atoms with Gasteiger partial charge in [0.15, 0.2) is 0 Å². The van der Waals surface area contributed by atoms with Gasteiger partial charge in [-0.15, -0.1) is 0 Å². The Hall–Kier alpha value is -1.79. The number of piperidine rings is 1. The first-order valence-electron chi connectivity index (χ1n) is 8.64. The highest BCUT2D eigenvalue weighted by Crippen LogP contribution is 2.45. The second-order valence-corrected chi connectivity index (χ2v) is 7.28. The maximum absolute atomic E-state index is 10.5. The molecule has 1 fully saturated rings. The minimum absolute atomic E-state index is 0.0102. The third-order valence-corrected chi connectivity index (χ3v) is 5.75. The highest BCUT2D eigenvalue weighted by molar-refractivity contribution is 5.64. The van der Waals surface area contributed by atoms with Crippen LogP contribution >= 0.6 is 0 Å². The van der Waals surface area contributed by atoms with Crippen molar-refractivity contribution in [3.05, 3.63) is 29.3 Å². The number of likely N-dealkylation sites (tertiary alicyclic amines) is 1. The predicted molar refractivity (Wildman–Crippen MR) is 92.6 cm³/mol. The molecule has 1 saturated heterocycles. The zero-order valence-electron chi connectivity index (χ0n) is 14.4. The van der Waals surface area contributed by atoms with Gasteiger partial charge in [-0.25, -0.2) is 4.79 Å². The second kappa shape index (κ2) is 6.61. The molecule has 6 nitrogen and oxygen atoms in total. The second-order valence-electron chi connectivity index (χ2n) is 7.28. The van der Waals surface area contributed by atoms with E-state index in [-0.39, 0.29) is 5.41 Å². The van der Waals surface area contributed by atoms with Gasteiger partial charge in [-0.3, -0.25) is 0 Å². The normalized spacial score (nSPS) is 29.1. The summed E-state index contributed by atoms with van der Waals surface area (Å²) >= 11 is 0. The Balaban J connectivity index is 1.77. The summed E-state index contributed by atoms with van der Waals surface area (Å²) in [6, 6.07) is 6.49. The van der Waals surface area contributed by atoms with Crippen LogP contribution in [-0.4, -0.2) is 60.0 Å². The number of amides is 1. The molecule has 0 spiro atoms. The first kappa shape index (κ1) is 17.0. The van der Waals surface area contributed by atoms with Crippen LogP contribution in [0.15, 0.2) is 18.2 Å². The monoisotopic (exact) mass is 333 g/mol. The number of likely N-dealkylation sites (N-methyl/N-ethyl adjacent to an activating group) is 1. The number of hydrogen-bond acceptors (Lipinski definition) is 4. The topological polar surface area (TPSA) is 84.8 Å². The largest absolute Gasteiger partial charge is 0.508 e. The molecule has 0 aromatic heterocycles. The maximum atomic E-state index is 10.5. The molecular weight excluding hydrogens is 306 g/mol. The standard InChI is InChI=1S/C18H27N3O3/c1-18-6-9-21(2)15(10-12-4-5-13(22)11-14(12)18)16(18)19-7-3-8-20-17(23)24/h4-5,11,15-16,19-20,22H,3,6-10H2,1-2H3,(H,23,24)/t15-,16-,18+/m1/s1. The van der Waals surface area contributed by atoms with Crippen molar-refractivity contribution in [3.63, 3.8) is 0 Å². The van der Waals surface area contributed by atoms with E-state index < -0.39 is 6.09 Å². The minimum Gasteiger partial charge on any atom is -0.508 e. The van der Waals surface area contributed by atoms with Gasteiger partial charge in [0.05, 0.1) is 0 Å². The molecule has 1 aliphatic heterocycles. The Morgan fingerprint density at radius 3 is 2.96 bits per heavy atom. The van der Waals surface area contributed by atoms with Crippen LogP contribution in [0.2, 0.25) is 0 Å². The molecule has 1 heterocycles. The molecule has 1 aromatic carbocycles. The van der Waals surface area contributed by atoms with Crippen molar-refractivity contribution in [2.75, 3.05) is 26.7 Å². The van der Waals surface area contributed by atoms with E-state index in [1.165, 1.54) is 11.1 Å². The van der Waals surface area contributed by atoms with Gasteiger partial charge in [-0.1, -0.05) is 13.0 Å². The maximum Gasteiger partial charge on any atom is 0.404 e. The van der Waals surface area contributed by atoms with Crippen LogP contribution < -0.4 is 10.6 Å². The van der Waals surface area contributed by atoms with E-state index in [1.807, 2.05) is 6.07 Å². The number of rotatable bonds is 5. The van der Waals surface area contributed by atoms with Crippen LogP contribution in [0.1, 0.15) is 30.9 Å². The van der Waals surface area contributed by atoms with Gasteiger partial charge in [0.2, 0.25) is 0 Å². The molecule has 3 atom stereocenters. The van der Waals surface area contributed by atoms with E-state index in [0.717, 1.165) is 32.4 Å². The molecule has 2 aliphatic rings. The van der Waals surface area contributed by atoms with Gasteiger partial charge in [-0.2, -0.15) is 0 Å². The summed E-state index contributed by atoms with van der Waals surface area (Å²) in [4.78, 5) is 12.9. The number of hydrogen-bond donors (Lipinski definition) is 4. The van der Waals surface area contributed by atoms with Crippen LogP contribution in [0.5, 0.6) is 5.75 Å². The number of carboxylic acid groups (broad SMARTS) is 1. The lowest BCUT2D eigenvalue weighted by Crippen LogP contribution is -2.66. The van der Waals surface area contributed by atoms with Crippen LogP contribution in [0.25, 0.3) is 0 Å². The molecule has 24 heavy (non-hydrogen) atoms. The van der Waals surface area contributed by atoms with Crippen molar-refractivity contribution in [2.45, 2.75) is 43.7 Å². The fourth-order valence-electron chi connectivity index (χ4n) is 4.39. The van der Waals surface area contributed by atoms with Gasteiger partial charge < -0.3 is 25.7 Å². The van der Waals surface area contributed by atoms with Crippen LogP contribution in [0.4, 0.5) is 4.79 Å². The lowest BCUT2D eigenvalue weighted by Gasteiger charge is -2.55. The summed E-state index contributed by atoms with van der Waals surface area (Å²) in [6.45, 7) is 4.58. The van der Waals surface area contributed by atoms with Gasteiger partial charge in [0.1, 0.15) is 5.75 Å². The molecule has 1 aromatic rings. The lowest BCUT2D eigenvalue weighted by atomic mass is 9.61. The Morgan fingerprint density at radius 2 is 2.21 bits per heavy atom. The van der Waals surface area contributed by atoms with E-state index in [9.17, 15) is 9.90 Å². The Morgan fingerprint density at radius 1 is 1.42 bits per heavy atom. The van der Waals surface area contributed by atoms with Gasteiger partial charge in [0.25, 0.3) is 0 Å². The highest BCUT2D eigenvalue weighted by Gasteiger charge is 2.49. The van der Waals surface area contributed by atoms with E-state index in [1.54, 1.807) is 6.07 Å². The van der Waals surface area contributed by atoms with Crippen molar-refractivity contribution < 1.29 is 15.0 Å².